The average Bonchev–Trinajstić information content (AvgIpc) is 2.89. The van der Waals surface area contributed by atoms with E-state index < -0.39 is 28.1 Å². The molecule has 0 atom stereocenters. The Morgan fingerprint density at radius 1 is 1.41 bits per heavy atom. The van der Waals surface area contributed by atoms with Crippen LogP contribution in [0.5, 0.6) is 5.75 Å². The van der Waals surface area contributed by atoms with Gasteiger partial charge in [-0.25, -0.2) is 9.37 Å². The molecule has 0 N–H and O–H groups in total. The van der Waals surface area contributed by atoms with Gasteiger partial charge in [-0.05, 0) is 25.5 Å². The number of nitrogens with zero attached hydrogens (tertiary/aromatic N) is 3. The topological polar surface area (TPSA) is 104 Å². The maximum absolute atomic E-state index is 13.3. The van der Waals surface area contributed by atoms with Gasteiger partial charge in [-0.1, -0.05) is 0 Å². The number of thiophene rings is 1. The number of nitro groups is 1. The number of aromatic nitrogens is 2. The lowest BCUT2D eigenvalue weighted by molar-refractivity contribution is -0.385. The number of rotatable bonds is 5. The third-order valence-electron chi connectivity index (χ3n) is 4.06. The monoisotopic (exact) mass is 391 g/mol. The quantitative estimate of drug-likeness (QED) is 0.286. The van der Waals surface area contributed by atoms with E-state index in [0.717, 1.165) is 28.6 Å². The molecule has 1 aromatic carbocycles. The second kappa shape index (κ2) is 7.23. The molecule has 0 saturated heterocycles. The number of carbonyl (C=O) groups excluding carboxylic acids is 1. The first kappa shape index (κ1) is 18.6. The number of aryl methyl sites for hydroxylation is 3. The molecule has 0 fully saturated rings. The molecule has 3 aromatic rings. The van der Waals surface area contributed by atoms with Crippen molar-refractivity contribution in [1.82, 2.24) is 9.55 Å². The highest BCUT2D eigenvalue weighted by Gasteiger charge is 2.19. The third kappa shape index (κ3) is 3.70. The van der Waals surface area contributed by atoms with Gasteiger partial charge in [0.05, 0.1) is 23.1 Å². The van der Waals surface area contributed by atoms with E-state index in [1.807, 2.05) is 13.8 Å². The van der Waals surface area contributed by atoms with Crippen LogP contribution in [0.3, 0.4) is 0 Å². The van der Waals surface area contributed by atoms with Crippen LogP contribution < -0.4 is 10.3 Å². The molecule has 0 bridgehead atoms. The second-order valence-electron chi connectivity index (χ2n) is 5.80. The van der Waals surface area contributed by atoms with E-state index in [2.05, 4.69) is 4.98 Å². The molecule has 3 rings (SSSR count). The molecule has 8 nitrogen and oxygen atoms in total. The molecule has 0 aliphatic heterocycles. The fourth-order valence-electron chi connectivity index (χ4n) is 2.54. The maximum Gasteiger partial charge on any atom is 0.313 e. The van der Waals surface area contributed by atoms with E-state index >= 15 is 0 Å². The predicted molar refractivity (Wildman–Crippen MR) is 96.7 cm³/mol. The number of esters is 1. The van der Waals surface area contributed by atoms with Crippen LogP contribution in [0.1, 0.15) is 16.9 Å². The molecule has 2 aromatic heterocycles. The van der Waals surface area contributed by atoms with Crippen molar-refractivity contribution < 1.29 is 18.8 Å². The summed E-state index contributed by atoms with van der Waals surface area (Å²) >= 11 is 1.42. The summed E-state index contributed by atoms with van der Waals surface area (Å²) in [4.78, 5) is 40.6. The van der Waals surface area contributed by atoms with Gasteiger partial charge < -0.3 is 4.74 Å². The standard InChI is InChI=1S/C17H14FN3O5S/c1-9-10(2)27-16-15(9)17(23)20(8-19-16)6-5-14(22)26-13-7-11(18)3-4-12(13)21(24)25/h3-4,7-8H,5-6H2,1-2H3. The fourth-order valence-corrected chi connectivity index (χ4v) is 3.52. The second-order valence-corrected chi connectivity index (χ2v) is 7.00. The number of halogens is 1. The Bertz CT molecular complexity index is 1120. The summed E-state index contributed by atoms with van der Waals surface area (Å²) in [6, 6.07) is 2.59. The van der Waals surface area contributed by atoms with Crippen LogP contribution in [-0.4, -0.2) is 20.4 Å². The van der Waals surface area contributed by atoms with Crippen LogP contribution in [0.25, 0.3) is 10.2 Å². The molecule has 0 radical (unpaired) electrons. The first-order valence-corrected chi connectivity index (χ1v) is 8.69. The van der Waals surface area contributed by atoms with Gasteiger partial charge in [0.25, 0.3) is 5.56 Å². The molecule has 10 heteroatoms. The molecule has 27 heavy (non-hydrogen) atoms. The van der Waals surface area contributed by atoms with Gasteiger partial charge >= 0.3 is 11.7 Å². The third-order valence-corrected chi connectivity index (χ3v) is 5.17. The molecule has 0 aliphatic rings. The highest BCUT2D eigenvalue weighted by atomic mass is 32.1. The van der Waals surface area contributed by atoms with Gasteiger partial charge in [-0.2, -0.15) is 0 Å². The van der Waals surface area contributed by atoms with Crippen molar-refractivity contribution >= 4 is 33.2 Å². The fraction of sp³-hybridized carbons (Fsp3) is 0.235. The van der Waals surface area contributed by atoms with Crippen molar-refractivity contribution in [2.24, 2.45) is 0 Å². The molecule has 0 spiro atoms. The van der Waals surface area contributed by atoms with Gasteiger partial charge in [-0.15, -0.1) is 11.3 Å². The molecular formula is C17H14FN3O5S. The zero-order chi connectivity index (χ0) is 19.7. The van der Waals surface area contributed by atoms with Crippen LogP contribution in [0, 0.1) is 29.8 Å². The normalized spacial score (nSPS) is 10.9. The summed E-state index contributed by atoms with van der Waals surface area (Å²) in [7, 11) is 0. The zero-order valence-electron chi connectivity index (χ0n) is 14.4. The minimum atomic E-state index is -0.825. The Hall–Kier alpha value is -3.14. The number of carbonyl (C=O) groups is 1. The average molecular weight is 391 g/mol. The summed E-state index contributed by atoms with van der Waals surface area (Å²) in [6.07, 6.45) is 1.11. The summed E-state index contributed by atoms with van der Waals surface area (Å²) in [6.45, 7) is 3.71. The minimum Gasteiger partial charge on any atom is -0.419 e. The van der Waals surface area contributed by atoms with Gasteiger partial charge in [0.2, 0.25) is 5.75 Å². The molecule has 0 unspecified atom stereocenters. The Morgan fingerprint density at radius 3 is 2.85 bits per heavy atom. The number of hydrogen-bond acceptors (Lipinski definition) is 7. The van der Waals surface area contributed by atoms with E-state index in [0.29, 0.717) is 10.2 Å². The van der Waals surface area contributed by atoms with E-state index in [4.69, 9.17) is 4.74 Å². The summed E-state index contributed by atoms with van der Waals surface area (Å²) in [5, 5.41) is 11.4. The van der Waals surface area contributed by atoms with Crippen LogP contribution in [0.4, 0.5) is 10.1 Å². The minimum absolute atomic E-state index is 0.0158. The Balaban J connectivity index is 1.77. The molecule has 0 saturated carbocycles. The highest BCUT2D eigenvalue weighted by Crippen LogP contribution is 2.28. The summed E-state index contributed by atoms with van der Waals surface area (Å²) in [5.41, 5.74) is 0.0561. The van der Waals surface area contributed by atoms with Crippen molar-refractivity contribution in [1.29, 1.82) is 0 Å². The van der Waals surface area contributed by atoms with Crippen LogP contribution >= 0.6 is 11.3 Å². The lowest BCUT2D eigenvalue weighted by atomic mass is 10.2. The summed E-state index contributed by atoms with van der Waals surface area (Å²) in [5.74, 6) is -2.07. The molecule has 0 aliphatic carbocycles. The van der Waals surface area contributed by atoms with Crippen molar-refractivity contribution in [3.05, 3.63) is 61.3 Å². The van der Waals surface area contributed by atoms with E-state index in [-0.39, 0.29) is 18.5 Å². The Labute approximate surface area is 156 Å². The first-order chi connectivity index (χ1) is 12.8. The number of benzene rings is 1. The van der Waals surface area contributed by atoms with Crippen LogP contribution in [0.15, 0.2) is 29.3 Å². The highest BCUT2D eigenvalue weighted by molar-refractivity contribution is 7.18. The van der Waals surface area contributed by atoms with Crippen molar-refractivity contribution in [3.63, 3.8) is 0 Å². The number of hydrogen-bond donors (Lipinski definition) is 0. The Morgan fingerprint density at radius 2 is 2.15 bits per heavy atom. The first-order valence-electron chi connectivity index (χ1n) is 7.87. The van der Waals surface area contributed by atoms with Gasteiger partial charge in [0.15, 0.2) is 0 Å². The maximum atomic E-state index is 13.3. The SMILES string of the molecule is Cc1sc2ncn(CCC(=O)Oc3cc(F)ccc3[N+](=O)[O-])c(=O)c2c1C. The molecular weight excluding hydrogens is 377 g/mol. The van der Waals surface area contributed by atoms with Crippen molar-refractivity contribution in [2.75, 3.05) is 0 Å². The van der Waals surface area contributed by atoms with Crippen LogP contribution in [0.2, 0.25) is 0 Å². The van der Waals surface area contributed by atoms with Gasteiger partial charge in [-0.3, -0.25) is 24.3 Å². The molecule has 140 valence electrons. The number of ether oxygens (including phenoxy) is 1. The Kier molecular flexibility index (Phi) is 5.00. The van der Waals surface area contributed by atoms with Crippen molar-refractivity contribution in [3.8, 4) is 5.75 Å². The smallest absolute Gasteiger partial charge is 0.313 e. The van der Waals surface area contributed by atoms with E-state index in [9.17, 15) is 24.1 Å². The molecule has 2 heterocycles. The zero-order valence-corrected chi connectivity index (χ0v) is 15.2. The summed E-state index contributed by atoms with van der Waals surface area (Å²) < 4.78 is 19.5. The van der Waals surface area contributed by atoms with E-state index in [1.165, 1.54) is 22.2 Å². The largest absolute Gasteiger partial charge is 0.419 e. The molecule has 0 amide bonds. The van der Waals surface area contributed by atoms with E-state index in [1.54, 1.807) is 0 Å². The number of fused-ring (bicyclic) bond motifs is 1. The van der Waals surface area contributed by atoms with Crippen LogP contribution in [-0.2, 0) is 11.3 Å². The van der Waals surface area contributed by atoms with Gasteiger partial charge in [0.1, 0.15) is 10.6 Å². The predicted octanol–water partition coefficient (Wildman–Crippen LogP) is 3.12. The number of nitro benzene ring substituents is 1. The van der Waals surface area contributed by atoms with Gasteiger partial charge in [0, 0.05) is 23.6 Å². The lowest BCUT2D eigenvalue weighted by Crippen LogP contribution is -2.23. The van der Waals surface area contributed by atoms with Crippen molar-refractivity contribution in [2.45, 2.75) is 26.8 Å². The lowest BCUT2D eigenvalue weighted by Gasteiger charge is -2.07.